The van der Waals surface area contributed by atoms with Gasteiger partial charge in [-0.1, -0.05) is 22.7 Å². The van der Waals surface area contributed by atoms with E-state index in [1.54, 1.807) is 0 Å². The summed E-state index contributed by atoms with van der Waals surface area (Å²) >= 11 is 5.10. The Hall–Kier alpha value is 0.220. The molecule has 1 aromatic heterocycles. The van der Waals surface area contributed by atoms with E-state index in [4.69, 9.17) is 0 Å². The highest BCUT2D eigenvalue weighted by Crippen LogP contribution is 2.41. The van der Waals surface area contributed by atoms with Gasteiger partial charge in [0.15, 0.2) is 0 Å². The monoisotopic (exact) mass is 222 g/mol. The third-order valence-corrected chi connectivity index (χ3v) is 6.10. The van der Waals surface area contributed by atoms with Crippen LogP contribution in [0.3, 0.4) is 0 Å². The van der Waals surface area contributed by atoms with E-state index < -0.39 is 0 Å². The number of hydrogen-bond donors (Lipinski definition) is 0. The second-order valence-corrected chi connectivity index (χ2v) is 6.59. The standard InChI is InChI=1S/C5H2O2S4/c6-2-1-8-3-4(9-2)11-5(7)10-3/h1H2. The number of carbonyl (C=O) groups excluding carboxylic acids is 1. The van der Waals surface area contributed by atoms with Gasteiger partial charge in [-0.2, -0.15) is 0 Å². The van der Waals surface area contributed by atoms with Gasteiger partial charge in [0.2, 0.25) is 5.12 Å². The van der Waals surface area contributed by atoms with Gasteiger partial charge < -0.3 is 0 Å². The Morgan fingerprint density at radius 1 is 1.09 bits per heavy atom. The van der Waals surface area contributed by atoms with Crippen LogP contribution in [0.2, 0.25) is 0 Å². The molecule has 0 saturated heterocycles. The third-order valence-electron chi connectivity index (χ3n) is 1.05. The minimum Gasteiger partial charge on any atom is -0.286 e. The van der Waals surface area contributed by atoms with Crippen LogP contribution in [0.4, 0.5) is 0 Å². The average Bonchev–Trinajstić information content (AvgIpc) is 2.27. The zero-order valence-corrected chi connectivity index (χ0v) is 8.42. The minimum atomic E-state index is 0.0877. The molecule has 0 saturated carbocycles. The molecule has 0 aromatic carbocycles. The molecule has 1 aliphatic heterocycles. The molecule has 0 fully saturated rings. The predicted octanol–water partition coefficient (Wildman–Crippen LogP) is 1.89. The first-order chi connectivity index (χ1) is 5.25. The lowest BCUT2D eigenvalue weighted by Crippen LogP contribution is -1.98. The summed E-state index contributed by atoms with van der Waals surface area (Å²) in [6.07, 6.45) is 0. The summed E-state index contributed by atoms with van der Waals surface area (Å²) in [6, 6.07) is 0. The van der Waals surface area contributed by atoms with Crippen LogP contribution in [0.15, 0.2) is 13.2 Å². The number of rotatable bonds is 0. The van der Waals surface area contributed by atoms with Gasteiger partial charge in [0.1, 0.15) is 0 Å². The first kappa shape index (κ1) is 7.85. The van der Waals surface area contributed by atoms with E-state index in [1.165, 1.54) is 46.2 Å². The molecular formula is C5H2O2S4. The zero-order chi connectivity index (χ0) is 7.84. The molecule has 11 heavy (non-hydrogen) atoms. The molecule has 0 unspecified atom stereocenters. The fraction of sp³-hybridized carbons (Fsp3) is 0.200. The van der Waals surface area contributed by atoms with Crippen molar-refractivity contribution in [2.24, 2.45) is 0 Å². The second kappa shape index (κ2) is 2.93. The highest BCUT2D eigenvalue weighted by Gasteiger charge is 2.20. The van der Waals surface area contributed by atoms with Gasteiger partial charge in [0.05, 0.1) is 14.2 Å². The van der Waals surface area contributed by atoms with Crippen molar-refractivity contribution in [3.63, 3.8) is 0 Å². The van der Waals surface area contributed by atoms with Gasteiger partial charge in [-0.3, -0.25) is 9.59 Å². The van der Waals surface area contributed by atoms with Crippen LogP contribution in [-0.2, 0) is 4.79 Å². The fourth-order valence-corrected chi connectivity index (χ4v) is 5.60. The lowest BCUT2D eigenvalue weighted by molar-refractivity contribution is -0.108. The number of carbonyl (C=O) groups is 1. The van der Waals surface area contributed by atoms with E-state index in [9.17, 15) is 9.59 Å². The highest BCUT2D eigenvalue weighted by atomic mass is 32.2. The van der Waals surface area contributed by atoms with E-state index in [-0.39, 0.29) is 9.17 Å². The first-order valence-corrected chi connectivity index (χ1v) is 6.16. The van der Waals surface area contributed by atoms with Crippen LogP contribution in [0.25, 0.3) is 0 Å². The SMILES string of the molecule is O=C1CSc2sc(=O)sc2S1. The van der Waals surface area contributed by atoms with Crippen molar-refractivity contribution in [2.45, 2.75) is 8.42 Å². The Balaban J connectivity index is 2.49. The van der Waals surface area contributed by atoms with Crippen LogP contribution in [-0.4, -0.2) is 10.9 Å². The van der Waals surface area contributed by atoms with Gasteiger partial charge in [-0.05, 0) is 11.8 Å². The molecule has 0 spiro atoms. The van der Waals surface area contributed by atoms with E-state index in [0.717, 1.165) is 8.42 Å². The Kier molecular flexibility index (Phi) is 2.09. The third kappa shape index (κ3) is 1.53. The van der Waals surface area contributed by atoms with Gasteiger partial charge in [0, 0.05) is 0 Å². The highest BCUT2D eigenvalue weighted by molar-refractivity contribution is 8.19. The van der Waals surface area contributed by atoms with Crippen LogP contribution in [0.5, 0.6) is 0 Å². The molecule has 6 heteroatoms. The molecule has 0 aliphatic carbocycles. The van der Waals surface area contributed by atoms with Crippen molar-refractivity contribution in [3.05, 3.63) is 8.85 Å². The average molecular weight is 222 g/mol. The smallest absolute Gasteiger partial charge is 0.286 e. The van der Waals surface area contributed by atoms with Crippen LogP contribution >= 0.6 is 46.2 Å². The molecule has 0 atom stereocenters. The molecular weight excluding hydrogens is 220 g/mol. The van der Waals surface area contributed by atoms with Crippen LogP contribution in [0.1, 0.15) is 0 Å². The summed E-state index contributed by atoms with van der Waals surface area (Å²) in [6.45, 7) is 0. The normalized spacial score (nSPS) is 16.5. The van der Waals surface area contributed by atoms with Gasteiger partial charge in [-0.15, -0.1) is 11.8 Å². The van der Waals surface area contributed by atoms with Crippen molar-refractivity contribution < 1.29 is 4.79 Å². The number of hydrogen-bond acceptors (Lipinski definition) is 6. The molecule has 2 heterocycles. The molecule has 1 aliphatic rings. The molecule has 0 N–H and O–H groups in total. The van der Waals surface area contributed by atoms with Crippen molar-refractivity contribution >= 4 is 51.3 Å². The lowest BCUT2D eigenvalue weighted by Gasteiger charge is -2.05. The maximum Gasteiger partial charge on any atom is 0.289 e. The summed E-state index contributed by atoms with van der Waals surface area (Å²) in [5, 5.41) is 0.150. The van der Waals surface area contributed by atoms with Gasteiger partial charge in [0.25, 0.3) is 4.06 Å². The van der Waals surface area contributed by atoms with Gasteiger partial charge in [-0.25, -0.2) is 0 Å². The van der Waals surface area contributed by atoms with Crippen LogP contribution < -0.4 is 4.06 Å². The molecule has 0 bridgehead atoms. The Bertz CT molecular complexity index is 350. The predicted molar refractivity (Wildman–Crippen MR) is 50.1 cm³/mol. The van der Waals surface area contributed by atoms with Crippen molar-refractivity contribution in [1.82, 2.24) is 0 Å². The molecule has 2 rings (SSSR count). The quantitative estimate of drug-likeness (QED) is 0.671. The van der Waals surface area contributed by atoms with Gasteiger partial charge >= 0.3 is 0 Å². The Labute approximate surface area is 79.0 Å². The lowest BCUT2D eigenvalue weighted by atomic mass is 10.9. The van der Waals surface area contributed by atoms with Crippen LogP contribution in [0, 0.1) is 0 Å². The van der Waals surface area contributed by atoms with E-state index in [1.807, 2.05) is 0 Å². The zero-order valence-electron chi connectivity index (χ0n) is 5.16. The Morgan fingerprint density at radius 2 is 1.82 bits per heavy atom. The number of thioether (sulfide) groups is 2. The second-order valence-electron chi connectivity index (χ2n) is 1.79. The Morgan fingerprint density at radius 3 is 2.64 bits per heavy atom. The van der Waals surface area contributed by atoms with E-state index >= 15 is 0 Å². The van der Waals surface area contributed by atoms with Crippen molar-refractivity contribution in [1.29, 1.82) is 0 Å². The summed E-state index contributed by atoms with van der Waals surface area (Å²) in [5.74, 6) is 0.504. The topological polar surface area (TPSA) is 34.1 Å². The number of fused-ring (bicyclic) bond motifs is 1. The molecule has 2 nitrogen and oxygen atoms in total. The van der Waals surface area contributed by atoms with Crippen molar-refractivity contribution in [2.75, 3.05) is 5.75 Å². The molecule has 0 amide bonds. The van der Waals surface area contributed by atoms with E-state index in [2.05, 4.69) is 0 Å². The maximum absolute atomic E-state index is 10.9. The molecule has 58 valence electrons. The summed E-state index contributed by atoms with van der Waals surface area (Å²) in [7, 11) is 0. The summed E-state index contributed by atoms with van der Waals surface area (Å²) in [5.41, 5.74) is 0. The maximum atomic E-state index is 10.9. The summed E-state index contributed by atoms with van der Waals surface area (Å²) < 4.78 is 2.00. The van der Waals surface area contributed by atoms with Crippen molar-refractivity contribution in [3.8, 4) is 0 Å². The summed E-state index contributed by atoms with van der Waals surface area (Å²) in [4.78, 5) is 21.7. The van der Waals surface area contributed by atoms with E-state index in [0.29, 0.717) is 5.75 Å². The molecule has 1 aromatic rings. The minimum absolute atomic E-state index is 0.0877. The first-order valence-electron chi connectivity index (χ1n) is 2.73. The largest absolute Gasteiger partial charge is 0.289 e. The molecule has 0 radical (unpaired) electrons. The fourth-order valence-electron chi connectivity index (χ4n) is 0.664.